The molecule has 24 heavy (non-hydrogen) atoms. The summed E-state index contributed by atoms with van der Waals surface area (Å²) in [5.74, 6) is 0.633. The maximum atomic E-state index is 12.0. The first kappa shape index (κ1) is 18.5. The van der Waals surface area contributed by atoms with E-state index in [1.165, 1.54) is 5.56 Å². The van der Waals surface area contributed by atoms with E-state index in [0.29, 0.717) is 0 Å². The third-order valence-electron chi connectivity index (χ3n) is 3.90. The number of hydrogen-bond acceptors (Lipinski definition) is 2. The van der Waals surface area contributed by atoms with Gasteiger partial charge in [0.05, 0.1) is 0 Å². The van der Waals surface area contributed by atoms with Crippen LogP contribution in [-0.2, 0) is 11.2 Å². The average molecular weight is 390 g/mol. The molecule has 1 N–H and O–H groups in total. The lowest BCUT2D eigenvalue weighted by Gasteiger charge is -2.15. The van der Waals surface area contributed by atoms with Gasteiger partial charge in [0.2, 0.25) is 0 Å². The summed E-state index contributed by atoms with van der Waals surface area (Å²) in [5, 5.41) is 2.99. The Morgan fingerprint density at radius 1 is 1.17 bits per heavy atom. The van der Waals surface area contributed by atoms with Crippen LogP contribution in [0.5, 0.6) is 5.75 Å². The summed E-state index contributed by atoms with van der Waals surface area (Å²) in [5.41, 5.74) is 3.49. The van der Waals surface area contributed by atoms with Crippen molar-refractivity contribution >= 4 is 21.8 Å². The number of rotatable bonds is 7. The molecule has 1 unspecified atom stereocenters. The van der Waals surface area contributed by atoms with E-state index in [0.717, 1.165) is 34.2 Å². The van der Waals surface area contributed by atoms with Crippen molar-refractivity contribution < 1.29 is 9.53 Å². The molecule has 1 amide bonds. The number of hydrogen-bond donors (Lipinski definition) is 1. The number of benzene rings is 2. The van der Waals surface area contributed by atoms with E-state index in [9.17, 15) is 4.79 Å². The molecular weight excluding hydrogens is 366 g/mol. The smallest absolute Gasteiger partial charge is 0.258 e. The van der Waals surface area contributed by atoms with Crippen molar-refractivity contribution in [1.82, 2.24) is 5.32 Å². The summed E-state index contributed by atoms with van der Waals surface area (Å²) in [6.45, 7) is 6.08. The third kappa shape index (κ3) is 5.68. The van der Waals surface area contributed by atoms with Gasteiger partial charge in [0, 0.05) is 10.5 Å². The molecule has 0 aromatic heterocycles. The van der Waals surface area contributed by atoms with E-state index in [2.05, 4.69) is 33.4 Å². The zero-order chi connectivity index (χ0) is 17.5. The number of nitrogens with one attached hydrogen (secondary N) is 1. The standard InChI is InChI=1S/C20H24BrNO2/c1-14-11-18(12-15(2)20(14)21)24-13-19(23)22-16(3)9-10-17-7-5-4-6-8-17/h4-8,11-12,16H,9-10,13H2,1-3H3,(H,22,23). The summed E-state index contributed by atoms with van der Waals surface area (Å²) in [4.78, 5) is 12.0. The summed E-state index contributed by atoms with van der Waals surface area (Å²) < 4.78 is 6.69. The van der Waals surface area contributed by atoms with Crippen LogP contribution in [0.4, 0.5) is 0 Å². The predicted molar refractivity (Wildman–Crippen MR) is 101 cm³/mol. The van der Waals surface area contributed by atoms with Gasteiger partial charge in [-0.05, 0) is 62.4 Å². The lowest BCUT2D eigenvalue weighted by molar-refractivity contribution is -0.123. The predicted octanol–water partition coefficient (Wildman–Crippen LogP) is 4.58. The molecule has 0 aliphatic carbocycles. The highest BCUT2D eigenvalue weighted by atomic mass is 79.9. The van der Waals surface area contributed by atoms with Gasteiger partial charge in [-0.3, -0.25) is 4.79 Å². The van der Waals surface area contributed by atoms with Crippen LogP contribution in [0.15, 0.2) is 46.9 Å². The Balaban J connectivity index is 1.76. The zero-order valence-corrected chi connectivity index (χ0v) is 16.0. The first-order valence-corrected chi connectivity index (χ1v) is 8.98. The molecule has 2 aromatic carbocycles. The van der Waals surface area contributed by atoms with Crippen molar-refractivity contribution in [3.05, 3.63) is 63.6 Å². The normalized spacial score (nSPS) is 11.8. The van der Waals surface area contributed by atoms with Crippen molar-refractivity contribution in [2.45, 2.75) is 39.7 Å². The van der Waals surface area contributed by atoms with E-state index in [-0.39, 0.29) is 18.6 Å². The Morgan fingerprint density at radius 3 is 2.42 bits per heavy atom. The Labute approximate surface area is 152 Å². The monoisotopic (exact) mass is 389 g/mol. The fraction of sp³-hybridized carbons (Fsp3) is 0.350. The van der Waals surface area contributed by atoms with Crippen molar-refractivity contribution in [1.29, 1.82) is 0 Å². The Morgan fingerprint density at radius 2 is 1.79 bits per heavy atom. The van der Waals surface area contributed by atoms with Gasteiger partial charge in [0.25, 0.3) is 5.91 Å². The second-order valence-electron chi connectivity index (χ2n) is 6.15. The number of aryl methyl sites for hydroxylation is 3. The lowest BCUT2D eigenvalue weighted by Crippen LogP contribution is -2.36. The second-order valence-corrected chi connectivity index (χ2v) is 6.95. The minimum absolute atomic E-state index is 0.0379. The quantitative estimate of drug-likeness (QED) is 0.752. The molecule has 1 atom stereocenters. The maximum absolute atomic E-state index is 12.0. The first-order chi connectivity index (χ1) is 11.5. The molecule has 3 nitrogen and oxygen atoms in total. The topological polar surface area (TPSA) is 38.3 Å². The molecule has 0 spiro atoms. The minimum atomic E-state index is -0.0891. The minimum Gasteiger partial charge on any atom is -0.484 e. The van der Waals surface area contributed by atoms with Crippen LogP contribution in [0.3, 0.4) is 0 Å². The average Bonchev–Trinajstić information content (AvgIpc) is 2.57. The number of halogens is 1. The van der Waals surface area contributed by atoms with Crippen LogP contribution in [0.1, 0.15) is 30.0 Å². The molecular formula is C20H24BrNO2. The van der Waals surface area contributed by atoms with Gasteiger partial charge in [-0.2, -0.15) is 0 Å². The van der Waals surface area contributed by atoms with Crippen molar-refractivity contribution in [3.63, 3.8) is 0 Å². The number of amides is 1. The molecule has 0 aliphatic rings. The molecule has 0 radical (unpaired) electrons. The fourth-order valence-corrected chi connectivity index (χ4v) is 2.78. The molecule has 0 bridgehead atoms. The molecule has 0 heterocycles. The van der Waals surface area contributed by atoms with E-state index < -0.39 is 0 Å². The SMILES string of the molecule is Cc1cc(OCC(=O)NC(C)CCc2ccccc2)cc(C)c1Br. The van der Waals surface area contributed by atoms with Gasteiger partial charge < -0.3 is 10.1 Å². The van der Waals surface area contributed by atoms with E-state index >= 15 is 0 Å². The molecule has 2 rings (SSSR count). The van der Waals surface area contributed by atoms with Crippen molar-refractivity contribution in [2.24, 2.45) is 0 Å². The van der Waals surface area contributed by atoms with Gasteiger partial charge in [-0.15, -0.1) is 0 Å². The van der Waals surface area contributed by atoms with Crippen molar-refractivity contribution in [2.75, 3.05) is 6.61 Å². The highest BCUT2D eigenvalue weighted by molar-refractivity contribution is 9.10. The Kier molecular flexibility index (Phi) is 6.85. The van der Waals surface area contributed by atoms with Gasteiger partial charge >= 0.3 is 0 Å². The first-order valence-electron chi connectivity index (χ1n) is 8.18. The van der Waals surface area contributed by atoms with E-state index in [1.807, 2.05) is 51.1 Å². The molecule has 128 valence electrons. The number of ether oxygens (including phenoxy) is 1. The molecule has 0 saturated carbocycles. The van der Waals surface area contributed by atoms with Crippen LogP contribution in [-0.4, -0.2) is 18.6 Å². The highest BCUT2D eigenvalue weighted by Crippen LogP contribution is 2.26. The zero-order valence-electron chi connectivity index (χ0n) is 14.4. The second kappa shape index (κ2) is 8.88. The van der Waals surface area contributed by atoms with Gasteiger partial charge in [0.15, 0.2) is 6.61 Å². The molecule has 4 heteroatoms. The summed E-state index contributed by atoms with van der Waals surface area (Å²) in [7, 11) is 0. The van der Waals surface area contributed by atoms with Gasteiger partial charge in [0.1, 0.15) is 5.75 Å². The van der Waals surface area contributed by atoms with Crippen LogP contribution >= 0.6 is 15.9 Å². The molecule has 0 aliphatic heterocycles. The van der Waals surface area contributed by atoms with Gasteiger partial charge in [-0.1, -0.05) is 46.3 Å². The largest absolute Gasteiger partial charge is 0.484 e. The van der Waals surface area contributed by atoms with Crippen molar-refractivity contribution in [3.8, 4) is 5.75 Å². The third-order valence-corrected chi connectivity index (χ3v) is 5.15. The van der Waals surface area contributed by atoms with Crippen LogP contribution in [0.25, 0.3) is 0 Å². The molecule has 2 aromatic rings. The molecule has 0 saturated heterocycles. The Hall–Kier alpha value is -1.81. The van der Waals surface area contributed by atoms with Crippen LogP contribution in [0.2, 0.25) is 0 Å². The fourth-order valence-electron chi connectivity index (χ4n) is 2.55. The van der Waals surface area contributed by atoms with Crippen LogP contribution in [0, 0.1) is 13.8 Å². The van der Waals surface area contributed by atoms with Gasteiger partial charge in [-0.25, -0.2) is 0 Å². The van der Waals surface area contributed by atoms with E-state index in [4.69, 9.17) is 4.74 Å². The van der Waals surface area contributed by atoms with Crippen LogP contribution < -0.4 is 10.1 Å². The summed E-state index contributed by atoms with van der Waals surface area (Å²) >= 11 is 3.53. The summed E-state index contributed by atoms with van der Waals surface area (Å²) in [6.07, 6.45) is 1.86. The highest BCUT2D eigenvalue weighted by Gasteiger charge is 2.09. The maximum Gasteiger partial charge on any atom is 0.258 e. The van der Waals surface area contributed by atoms with E-state index in [1.54, 1.807) is 0 Å². The Bertz CT molecular complexity index is 662. The molecule has 0 fully saturated rings. The number of carbonyl (C=O) groups excluding carboxylic acids is 1. The number of carbonyl (C=O) groups is 1. The summed E-state index contributed by atoms with van der Waals surface area (Å²) in [6, 6.07) is 14.3. The lowest BCUT2D eigenvalue weighted by atomic mass is 10.1.